The van der Waals surface area contributed by atoms with Gasteiger partial charge in [-0.25, -0.2) is 0 Å². The Morgan fingerprint density at radius 1 is 0.868 bits per heavy atom. The standard InChI is InChI=1S/C32H26ClNO4/c1-3-38-31(36)14-20-11-19(2)12-23(13-20)27-16-24-15-26(28(33)18-29(24)34-32(27)37)22-9-10-25(30(35)17-22)21-7-5-4-6-8-21/h4-13,15-18,35H,3,14H2,1-2H3,(H,34,37). The molecule has 0 unspecified atom stereocenters. The maximum absolute atomic E-state index is 13.0. The molecule has 0 aliphatic rings. The molecule has 1 aromatic heterocycles. The number of hydrogen-bond donors (Lipinski definition) is 2. The van der Waals surface area contributed by atoms with Gasteiger partial charge < -0.3 is 14.8 Å². The Balaban J connectivity index is 1.57. The molecule has 0 fully saturated rings. The van der Waals surface area contributed by atoms with Gasteiger partial charge in [0.25, 0.3) is 5.56 Å². The highest BCUT2D eigenvalue weighted by Crippen LogP contribution is 2.37. The molecule has 0 saturated heterocycles. The minimum absolute atomic E-state index is 0.135. The summed E-state index contributed by atoms with van der Waals surface area (Å²) in [6, 6.07) is 26.3. The van der Waals surface area contributed by atoms with Gasteiger partial charge in [0.05, 0.1) is 18.1 Å². The number of ether oxygens (including phenoxy) is 1. The van der Waals surface area contributed by atoms with E-state index in [0.717, 1.165) is 38.8 Å². The molecule has 4 aromatic carbocycles. The fraction of sp³-hybridized carbons (Fsp3) is 0.125. The first-order valence-corrected chi connectivity index (χ1v) is 12.7. The number of carbonyl (C=O) groups excluding carboxylic acids is 1. The third-order valence-electron chi connectivity index (χ3n) is 6.43. The molecule has 0 bridgehead atoms. The van der Waals surface area contributed by atoms with Crippen LogP contribution in [0.4, 0.5) is 0 Å². The molecule has 5 nitrogen and oxygen atoms in total. The second-order valence-electron chi connectivity index (χ2n) is 9.22. The molecule has 5 rings (SSSR count). The molecule has 0 spiro atoms. The van der Waals surface area contributed by atoms with Gasteiger partial charge in [-0.05, 0) is 65.8 Å². The summed E-state index contributed by atoms with van der Waals surface area (Å²) in [7, 11) is 0. The van der Waals surface area contributed by atoms with Gasteiger partial charge in [-0.1, -0.05) is 77.8 Å². The highest BCUT2D eigenvalue weighted by molar-refractivity contribution is 6.34. The maximum Gasteiger partial charge on any atom is 0.310 e. The number of rotatable bonds is 6. The van der Waals surface area contributed by atoms with E-state index in [-0.39, 0.29) is 23.7 Å². The van der Waals surface area contributed by atoms with Crippen molar-refractivity contribution >= 4 is 28.5 Å². The van der Waals surface area contributed by atoms with Crippen LogP contribution < -0.4 is 5.56 Å². The van der Waals surface area contributed by atoms with E-state index in [1.807, 2.05) is 79.7 Å². The normalized spacial score (nSPS) is 11.0. The number of benzene rings is 4. The van der Waals surface area contributed by atoms with Gasteiger partial charge in [0.15, 0.2) is 0 Å². The molecule has 0 amide bonds. The molecular formula is C32H26ClNO4. The molecule has 2 N–H and O–H groups in total. The van der Waals surface area contributed by atoms with Crippen LogP contribution in [0.3, 0.4) is 0 Å². The number of aromatic amines is 1. The number of esters is 1. The molecule has 190 valence electrons. The summed E-state index contributed by atoms with van der Waals surface area (Å²) in [5.74, 6) is -0.154. The van der Waals surface area contributed by atoms with Crippen molar-refractivity contribution in [3.05, 3.63) is 111 Å². The highest BCUT2D eigenvalue weighted by Gasteiger charge is 2.14. The number of carbonyl (C=O) groups is 1. The summed E-state index contributed by atoms with van der Waals surface area (Å²) in [6.45, 7) is 4.02. The van der Waals surface area contributed by atoms with E-state index in [4.69, 9.17) is 16.3 Å². The van der Waals surface area contributed by atoms with Crippen LogP contribution in [0.5, 0.6) is 5.75 Å². The number of pyridine rings is 1. The molecule has 1 heterocycles. The summed E-state index contributed by atoms with van der Waals surface area (Å²) in [6.07, 6.45) is 0.135. The predicted molar refractivity (Wildman–Crippen MR) is 153 cm³/mol. The van der Waals surface area contributed by atoms with Crippen LogP contribution in [0, 0.1) is 6.92 Å². The van der Waals surface area contributed by atoms with Gasteiger partial charge >= 0.3 is 5.97 Å². The molecule has 38 heavy (non-hydrogen) atoms. The number of halogens is 1. The van der Waals surface area contributed by atoms with Crippen LogP contribution in [0.1, 0.15) is 18.1 Å². The van der Waals surface area contributed by atoms with E-state index in [9.17, 15) is 14.7 Å². The smallest absolute Gasteiger partial charge is 0.310 e. The average Bonchev–Trinajstić information content (AvgIpc) is 2.88. The van der Waals surface area contributed by atoms with Crippen molar-refractivity contribution in [2.24, 2.45) is 0 Å². The first-order valence-electron chi connectivity index (χ1n) is 12.3. The average molecular weight is 524 g/mol. The lowest BCUT2D eigenvalue weighted by Crippen LogP contribution is -2.10. The minimum atomic E-state index is -0.308. The van der Waals surface area contributed by atoms with Crippen LogP contribution in [0.25, 0.3) is 44.3 Å². The molecule has 6 heteroatoms. The predicted octanol–water partition coefficient (Wildman–Crippen LogP) is 7.30. The second kappa shape index (κ2) is 10.6. The fourth-order valence-electron chi connectivity index (χ4n) is 4.72. The van der Waals surface area contributed by atoms with Gasteiger partial charge in [-0.3, -0.25) is 9.59 Å². The van der Waals surface area contributed by atoms with Gasteiger partial charge in [0, 0.05) is 22.2 Å². The Morgan fingerprint density at radius 3 is 2.37 bits per heavy atom. The summed E-state index contributed by atoms with van der Waals surface area (Å²) < 4.78 is 5.08. The van der Waals surface area contributed by atoms with Crippen molar-refractivity contribution in [3.8, 4) is 39.1 Å². The van der Waals surface area contributed by atoms with Crippen LogP contribution in [-0.2, 0) is 16.0 Å². The number of nitrogens with one attached hydrogen (secondary N) is 1. The Kier molecular flexibility index (Phi) is 7.03. The van der Waals surface area contributed by atoms with Crippen LogP contribution >= 0.6 is 11.6 Å². The fourth-order valence-corrected chi connectivity index (χ4v) is 5.00. The Hall–Kier alpha value is -4.35. The molecule has 5 aromatic rings. The zero-order valence-electron chi connectivity index (χ0n) is 21.0. The maximum atomic E-state index is 13.0. The SMILES string of the molecule is CCOC(=O)Cc1cc(C)cc(-c2cc3cc(-c4ccc(-c5ccccc5)c(O)c4)c(Cl)cc3[nH]c2=O)c1. The zero-order chi connectivity index (χ0) is 26.8. The lowest BCUT2D eigenvalue weighted by atomic mass is 9.96. The number of hydrogen-bond acceptors (Lipinski definition) is 4. The van der Waals surface area contributed by atoms with E-state index in [1.54, 1.807) is 19.1 Å². The van der Waals surface area contributed by atoms with Crippen molar-refractivity contribution in [1.82, 2.24) is 4.98 Å². The lowest BCUT2D eigenvalue weighted by molar-refractivity contribution is -0.142. The van der Waals surface area contributed by atoms with Crippen molar-refractivity contribution in [1.29, 1.82) is 0 Å². The largest absolute Gasteiger partial charge is 0.507 e. The van der Waals surface area contributed by atoms with E-state index in [0.29, 0.717) is 28.3 Å². The van der Waals surface area contributed by atoms with E-state index in [2.05, 4.69) is 4.98 Å². The quantitative estimate of drug-likeness (QED) is 0.229. The second-order valence-corrected chi connectivity index (χ2v) is 9.63. The van der Waals surface area contributed by atoms with E-state index >= 15 is 0 Å². The molecule has 0 radical (unpaired) electrons. The van der Waals surface area contributed by atoms with Crippen LogP contribution in [-0.4, -0.2) is 22.7 Å². The van der Waals surface area contributed by atoms with Crippen molar-refractivity contribution in [3.63, 3.8) is 0 Å². The highest BCUT2D eigenvalue weighted by atomic mass is 35.5. The minimum Gasteiger partial charge on any atom is -0.507 e. The van der Waals surface area contributed by atoms with Crippen LogP contribution in [0.2, 0.25) is 5.02 Å². The molecule has 0 aliphatic heterocycles. The first kappa shape index (κ1) is 25.3. The van der Waals surface area contributed by atoms with Gasteiger partial charge in [0.1, 0.15) is 5.75 Å². The Labute approximate surface area is 225 Å². The van der Waals surface area contributed by atoms with Gasteiger partial charge in [-0.2, -0.15) is 0 Å². The summed E-state index contributed by atoms with van der Waals surface area (Å²) in [5.41, 5.74) is 6.43. The van der Waals surface area contributed by atoms with Crippen molar-refractivity contribution in [2.45, 2.75) is 20.3 Å². The first-order chi connectivity index (χ1) is 18.3. The van der Waals surface area contributed by atoms with Gasteiger partial charge in [0.2, 0.25) is 0 Å². The number of fused-ring (bicyclic) bond motifs is 1. The molecule has 0 aliphatic carbocycles. The third-order valence-corrected chi connectivity index (χ3v) is 6.74. The summed E-state index contributed by atoms with van der Waals surface area (Å²) in [5, 5.41) is 12.0. The third kappa shape index (κ3) is 5.20. The number of phenols is 1. The van der Waals surface area contributed by atoms with Crippen molar-refractivity contribution in [2.75, 3.05) is 6.61 Å². The Morgan fingerprint density at radius 2 is 1.63 bits per heavy atom. The lowest BCUT2D eigenvalue weighted by Gasteiger charge is -2.12. The van der Waals surface area contributed by atoms with Crippen molar-refractivity contribution < 1.29 is 14.6 Å². The number of aromatic nitrogens is 1. The number of aromatic hydroxyl groups is 1. The van der Waals surface area contributed by atoms with Crippen LogP contribution in [0.15, 0.2) is 89.7 Å². The van der Waals surface area contributed by atoms with E-state index in [1.165, 1.54) is 0 Å². The summed E-state index contributed by atoms with van der Waals surface area (Å²) >= 11 is 6.62. The molecular weight excluding hydrogens is 498 g/mol. The molecule has 0 saturated carbocycles. The van der Waals surface area contributed by atoms with E-state index < -0.39 is 0 Å². The van der Waals surface area contributed by atoms with Gasteiger partial charge in [-0.15, -0.1) is 0 Å². The topological polar surface area (TPSA) is 79.4 Å². The number of aryl methyl sites for hydroxylation is 1. The summed E-state index contributed by atoms with van der Waals surface area (Å²) in [4.78, 5) is 28.0. The number of H-pyrrole nitrogens is 1. The Bertz CT molecular complexity index is 1720. The molecule has 0 atom stereocenters. The number of phenolic OH excluding ortho intramolecular Hbond substituents is 1. The monoisotopic (exact) mass is 523 g/mol. The zero-order valence-corrected chi connectivity index (χ0v) is 21.8.